The number of nitrogen functional groups attached to an aromatic ring is 1. The van der Waals surface area contributed by atoms with Gasteiger partial charge in [-0.25, -0.2) is 9.97 Å². The van der Waals surface area contributed by atoms with Gasteiger partial charge in [-0.1, -0.05) is 32.6 Å². The summed E-state index contributed by atoms with van der Waals surface area (Å²) in [6.45, 7) is 4.18. The minimum atomic E-state index is -0.240. The number of oxazole rings is 1. The lowest BCUT2D eigenvalue weighted by molar-refractivity contribution is 0.0933. The van der Waals surface area contributed by atoms with E-state index in [1.54, 1.807) is 0 Å². The average molecular weight is 305 g/mol. The molecule has 0 fully saturated rings. The first-order valence-corrected chi connectivity index (χ1v) is 7.67. The van der Waals surface area contributed by atoms with E-state index < -0.39 is 0 Å². The summed E-state index contributed by atoms with van der Waals surface area (Å²) in [5.74, 6) is 0.310. The second kappa shape index (κ2) is 7.63. The van der Waals surface area contributed by atoms with E-state index >= 15 is 0 Å². The molecule has 0 saturated heterocycles. The lowest BCUT2D eigenvalue weighted by atomic mass is 10.1. The number of anilines is 1. The van der Waals surface area contributed by atoms with Crippen molar-refractivity contribution < 1.29 is 9.21 Å². The minimum absolute atomic E-state index is 0.113. The van der Waals surface area contributed by atoms with Crippen molar-refractivity contribution in [2.75, 3.05) is 5.73 Å². The number of hydrogen-bond acceptors (Lipinski definition) is 5. The molecule has 0 aliphatic rings. The topological polar surface area (TPSA) is 110 Å². The van der Waals surface area contributed by atoms with Crippen LogP contribution in [0.2, 0.25) is 0 Å². The molecule has 0 saturated carbocycles. The molecule has 0 radical (unpaired) electrons. The Labute approximate surface area is 129 Å². The fourth-order valence-electron chi connectivity index (χ4n) is 2.22. The van der Waals surface area contributed by atoms with Gasteiger partial charge in [0.2, 0.25) is 5.89 Å². The number of H-pyrrole nitrogens is 1. The van der Waals surface area contributed by atoms with Gasteiger partial charge in [-0.2, -0.15) is 0 Å². The number of nitrogens with zero attached hydrogens (tertiary/aromatic N) is 2. The number of nitrogens with one attached hydrogen (secondary N) is 2. The maximum absolute atomic E-state index is 12.1. The molecule has 2 aromatic rings. The molecule has 0 spiro atoms. The highest BCUT2D eigenvalue weighted by molar-refractivity contribution is 5.92. The Hall–Kier alpha value is -2.31. The highest BCUT2D eigenvalue weighted by atomic mass is 16.3. The van der Waals surface area contributed by atoms with Crippen molar-refractivity contribution in [3.05, 3.63) is 18.3 Å². The lowest BCUT2D eigenvalue weighted by Crippen LogP contribution is -2.32. The number of rotatable bonds is 8. The molecule has 1 unspecified atom stereocenters. The summed E-state index contributed by atoms with van der Waals surface area (Å²) < 4.78 is 5.28. The van der Waals surface area contributed by atoms with Crippen molar-refractivity contribution in [1.29, 1.82) is 0 Å². The van der Waals surface area contributed by atoms with Gasteiger partial charge in [0.15, 0.2) is 11.5 Å². The van der Waals surface area contributed by atoms with E-state index in [2.05, 4.69) is 27.2 Å². The third-order valence-corrected chi connectivity index (χ3v) is 3.49. The molecule has 2 aromatic heterocycles. The maximum Gasteiger partial charge on any atom is 0.273 e. The number of nitrogens with two attached hydrogens (primary N) is 1. The Kier molecular flexibility index (Phi) is 5.57. The van der Waals surface area contributed by atoms with Gasteiger partial charge in [-0.15, -0.1) is 0 Å². The van der Waals surface area contributed by atoms with Crippen LogP contribution in [0.3, 0.4) is 0 Å². The summed E-state index contributed by atoms with van der Waals surface area (Å²) in [4.78, 5) is 23.0. The van der Waals surface area contributed by atoms with E-state index in [0.29, 0.717) is 5.69 Å². The number of hydrogen-bond donors (Lipinski definition) is 3. The molecule has 0 bridgehead atoms. The molecule has 7 nitrogen and oxygen atoms in total. The SMILES string of the molecule is CCCCCCC(C)NC(=O)c1coc(-c2[nH]cnc2N)n1. The number of aromatic amines is 1. The number of carbonyl (C=O) groups excluding carboxylic acids is 1. The highest BCUT2D eigenvalue weighted by Crippen LogP contribution is 2.21. The standard InChI is InChI=1S/C15H23N5O2/c1-3-4-5-6-7-10(2)19-14(21)11-8-22-15(20-11)12-13(16)18-9-17-12/h8-10H,3-7,16H2,1-2H3,(H,17,18)(H,19,21). The molecule has 0 aliphatic carbocycles. The lowest BCUT2D eigenvalue weighted by Gasteiger charge is -2.12. The molecule has 2 rings (SSSR count). The van der Waals surface area contributed by atoms with E-state index in [4.69, 9.17) is 10.2 Å². The third-order valence-electron chi connectivity index (χ3n) is 3.49. The number of amides is 1. The second-order valence-electron chi connectivity index (χ2n) is 5.42. The van der Waals surface area contributed by atoms with Crippen molar-refractivity contribution in [2.24, 2.45) is 0 Å². The first-order valence-electron chi connectivity index (χ1n) is 7.67. The van der Waals surface area contributed by atoms with Crippen LogP contribution in [0, 0.1) is 0 Å². The van der Waals surface area contributed by atoms with Crippen molar-refractivity contribution in [3.8, 4) is 11.6 Å². The smallest absolute Gasteiger partial charge is 0.273 e. The Bertz CT molecular complexity index is 605. The van der Waals surface area contributed by atoms with Crippen molar-refractivity contribution >= 4 is 11.7 Å². The van der Waals surface area contributed by atoms with Crippen molar-refractivity contribution in [2.45, 2.75) is 52.0 Å². The Morgan fingerprint density at radius 2 is 2.27 bits per heavy atom. The van der Waals surface area contributed by atoms with Gasteiger partial charge in [0, 0.05) is 6.04 Å². The Morgan fingerprint density at radius 1 is 1.45 bits per heavy atom. The van der Waals surface area contributed by atoms with Gasteiger partial charge >= 0.3 is 0 Å². The predicted octanol–water partition coefficient (Wildman–Crippen LogP) is 2.74. The summed E-state index contributed by atoms with van der Waals surface area (Å²) in [5.41, 5.74) is 6.39. The predicted molar refractivity (Wildman–Crippen MR) is 84.2 cm³/mol. The zero-order chi connectivity index (χ0) is 15.9. The van der Waals surface area contributed by atoms with E-state index in [9.17, 15) is 4.79 Å². The first-order chi connectivity index (χ1) is 10.6. The van der Waals surface area contributed by atoms with Crippen molar-refractivity contribution in [1.82, 2.24) is 20.3 Å². The summed E-state index contributed by atoms with van der Waals surface area (Å²) in [5, 5.41) is 2.93. The van der Waals surface area contributed by atoms with Crippen LogP contribution < -0.4 is 11.1 Å². The Morgan fingerprint density at radius 3 is 2.95 bits per heavy atom. The molecule has 120 valence electrons. The molecule has 22 heavy (non-hydrogen) atoms. The highest BCUT2D eigenvalue weighted by Gasteiger charge is 2.17. The molecule has 1 atom stereocenters. The average Bonchev–Trinajstić information content (AvgIpc) is 3.12. The van der Waals surface area contributed by atoms with Crippen LogP contribution >= 0.6 is 0 Å². The largest absolute Gasteiger partial charge is 0.442 e. The summed E-state index contributed by atoms with van der Waals surface area (Å²) >= 11 is 0. The van der Waals surface area contributed by atoms with E-state index in [1.165, 1.54) is 31.9 Å². The third kappa shape index (κ3) is 4.09. The zero-order valence-electron chi connectivity index (χ0n) is 13.1. The summed E-state index contributed by atoms with van der Waals surface area (Å²) in [6.07, 6.45) is 8.50. The van der Waals surface area contributed by atoms with Crippen LogP contribution in [0.15, 0.2) is 17.0 Å². The molecule has 0 aliphatic heterocycles. The molecular weight excluding hydrogens is 282 g/mol. The zero-order valence-corrected chi connectivity index (χ0v) is 13.1. The summed E-state index contributed by atoms with van der Waals surface area (Å²) in [6, 6.07) is 0.113. The maximum atomic E-state index is 12.1. The monoisotopic (exact) mass is 305 g/mol. The minimum Gasteiger partial charge on any atom is -0.442 e. The van der Waals surface area contributed by atoms with Crippen molar-refractivity contribution in [3.63, 3.8) is 0 Å². The first kappa shape index (κ1) is 16.1. The normalized spacial score (nSPS) is 12.3. The number of aromatic nitrogens is 3. The Balaban J connectivity index is 1.88. The fourth-order valence-corrected chi connectivity index (χ4v) is 2.22. The summed E-state index contributed by atoms with van der Waals surface area (Å²) in [7, 11) is 0. The number of carbonyl (C=O) groups is 1. The van der Waals surface area contributed by atoms with Gasteiger partial charge in [-0.05, 0) is 13.3 Å². The number of imidazole rings is 1. The molecule has 0 aromatic carbocycles. The molecule has 7 heteroatoms. The van der Waals surface area contributed by atoms with Gasteiger partial charge in [0.05, 0.1) is 6.33 Å². The molecule has 2 heterocycles. The molecule has 4 N–H and O–H groups in total. The van der Waals surface area contributed by atoms with Crippen LogP contribution in [0.25, 0.3) is 11.6 Å². The second-order valence-corrected chi connectivity index (χ2v) is 5.42. The van der Waals surface area contributed by atoms with E-state index in [-0.39, 0.29) is 29.4 Å². The molecular formula is C15H23N5O2. The van der Waals surface area contributed by atoms with E-state index in [1.807, 2.05) is 6.92 Å². The van der Waals surface area contributed by atoms with Crippen LogP contribution in [0.4, 0.5) is 5.82 Å². The van der Waals surface area contributed by atoms with Gasteiger partial charge in [-0.3, -0.25) is 4.79 Å². The quantitative estimate of drug-likeness (QED) is 0.649. The van der Waals surface area contributed by atoms with Gasteiger partial charge in [0.25, 0.3) is 5.91 Å². The van der Waals surface area contributed by atoms with Gasteiger partial charge < -0.3 is 20.5 Å². The van der Waals surface area contributed by atoms with Crippen LogP contribution in [-0.4, -0.2) is 26.9 Å². The fraction of sp³-hybridized carbons (Fsp3) is 0.533. The van der Waals surface area contributed by atoms with Crippen LogP contribution in [-0.2, 0) is 0 Å². The van der Waals surface area contributed by atoms with Crippen LogP contribution in [0.1, 0.15) is 56.4 Å². The number of unbranched alkanes of at least 4 members (excludes halogenated alkanes) is 3. The van der Waals surface area contributed by atoms with Crippen LogP contribution in [0.5, 0.6) is 0 Å². The van der Waals surface area contributed by atoms with Gasteiger partial charge in [0.1, 0.15) is 12.0 Å². The molecule has 1 amide bonds. The van der Waals surface area contributed by atoms with E-state index in [0.717, 1.165) is 12.8 Å².